The van der Waals surface area contributed by atoms with Gasteiger partial charge in [-0.3, -0.25) is 4.79 Å². The molecule has 14 heteroatoms. The predicted molar refractivity (Wildman–Crippen MR) is 100 cm³/mol. The summed E-state index contributed by atoms with van der Waals surface area (Å²) >= 11 is 3.32. The van der Waals surface area contributed by atoms with Crippen molar-refractivity contribution in [1.82, 2.24) is 0 Å². The number of halogens is 1. The van der Waals surface area contributed by atoms with Crippen molar-refractivity contribution in [2.75, 3.05) is 0 Å². The third kappa shape index (κ3) is 23.2. The van der Waals surface area contributed by atoms with Crippen molar-refractivity contribution in [3.63, 3.8) is 0 Å². The SMILES string of the molecule is N#Cc1ccc(CBr)cc1.N#Cc1ccc(CS(=O)(=O)[O-])cc1.O.O=CO[O-].[H-].[Na+].[Na+].[Na+]. The fourth-order valence-corrected chi connectivity index (χ4v) is 2.52. The number of carbonyl (C=O) groups excluding carboxylic acids is 1. The molecule has 2 N–H and O–H groups in total. The van der Waals surface area contributed by atoms with Crippen LogP contribution in [0.4, 0.5) is 0 Å². The molecule has 0 bridgehead atoms. The van der Waals surface area contributed by atoms with Crippen LogP contribution in [0.3, 0.4) is 0 Å². The molecule has 2 rings (SSSR count). The second-order valence-electron chi connectivity index (χ2n) is 4.65. The summed E-state index contributed by atoms with van der Waals surface area (Å²) in [6, 6.07) is 17.3. The van der Waals surface area contributed by atoms with Crippen LogP contribution in [-0.2, 0) is 30.9 Å². The number of carbonyl (C=O) groups is 1. The van der Waals surface area contributed by atoms with Crippen LogP contribution in [0.2, 0.25) is 0 Å². The maximum absolute atomic E-state index is 10.3. The van der Waals surface area contributed by atoms with Crippen molar-refractivity contribution in [3.8, 4) is 12.1 Å². The van der Waals surface area contributed by atoms with Gasteiger partial charge in [0.2, 0.25) is 0 Å². The van der Waals surface area contributed by atoms with Gasteiger partial charge in [-0.1, -0.05) is 40.2 Å². The molecule has 2 aromatic carbocycles. The monoisotopic (exact) mass is 540 g/mol. The minimum absolute atomic E-state index is 0. The molecule has 0 aliphatic rings. The summed E-state index contributed by atoms with van der Waals surface area (Å²) < 4.78 is 31.0. The van der Waals surface area contributed by atoms with Crippen LogP contribution in [0.1, 0.15) is 23.7 Å². The van der Waals surface area contributed by atoms with Crippen LogP contribution in [0, 0.1) is 22.7 Å². The van der Waals surface area contributed by atoms with E-state index < -0.39 is 15.9 Å². The summed E-state index contributed by atoms with van der Waals surface area (Å²) in [7, 11) is -4.23. The Bertz CT molecular complexity index is 908. The molecular formula is C17H16BrN2Na3O7S. The van der Waals surface area contributed by atoms with Gasteiger partial charge in [0.15, 0.2) is 0 Å². The van der Waals surface area contributed by atoms with Gasteiger partial charge in [0.25, 0.3) is 6.47 Å². The van der Waals surface area contributed by atoms with E-state index in [1.54, 1.807) is 0 Å². The Labute approximate surface area is 257 Å². The molecular weight excluding hydrogens is 525 g/mol. The number of nitrogens with zero attached hydrogens (tertiary/aromatic N) is 2. The molecule has 0 saturated heterocycles. The molecule has 2 aromatic rings. The van der Waals surface area contributed by atoms with Gasteiger partial charge in [-0.15, -0.1) is 0 Å². The smallest absolute Gasteiger partial charge is 1.00 e. The van der Waals surface area contributed by atoms with E-state index >= 15 is 0 Å². The number of hydrogen-bond acceptors (Lipinski definition) is 8. The average molecular weight is 541 g/mol. The predicted octanol–water partition coefficient (Wildman–Crippen LogP) is -8.21. The molecule has 0 saturated carbocycles. The standard InChI is InChI=1S/C8H6BrN.C8H7NO3S.CH2O3.3Na.H2O.H/c9-5-7-1-3-8(6-10)4-2-7;9-5-7-1-3-8(4-2-7)6-13(10,11)12;2-1-4-3;;;;;/h1-4H,5H2;1-4H,6H2,(H,10,11,12);1,3H;;;;1H2;/q;;;3*+1;;-1/p-2. The van der Waals surface area contributed by atoms with Crippen LogP contribution in [-0.4, -0.2) is 24.9 Å². The molecule has 0 atom stereocenters. The molecule has 0 aliphatic heterocycles. The molecule has 9 nitrogen and oxygen atoms in total. The number of hydrogen-bond donors (Lipinski definition) is 0. The van der Waals surface area contributed by atoms with Crippen molar-refractivity contribution in [1.29, 1.82) is 10.5 Å². The summed E-state index contributed by atoms with van der Waals surface area (Å²) in [5, 5.41) is 26.1. The maximum Gasteiger partial charge on any atom is 1.00 e. The van der Waals surface area contributed by atoms with E-state index in [1.165, 1.54) is 29.8 Å². The molecule has 31 heavy (non-hydrogen) atoms. The first kappa shape index (κ1) is 41.5. The summed E-state index contributed by atoms with van der Waals surface area (Å²) in [5.41, 5.74) is 2.74. The Morgan fingerprint density at radius 3 is 1.48 bits per heavy atom. The third-order valence-electron chi connectivity index (χ3n) is 2.70. The minimum Gasteiger partial charge on any atom is -1.00 e. The van der Waals surface area contributed by atoms with Crippen LogP contribution in [0.5, 0.6) is 0 Å². The number of alkyl halides is 1. The molecule has 0 heterocycles. The van der Waals surface area contributed by atoms with E-state index in [2.05, 4.69) is 26.9 Å². The number of nitriles is 2. The van der Waals surface area contributed by atoms with Crippen LogP contribution in [0.15, 0.2) is 48.5 Å². The Morgan fingerprint density at radius 1 is 0.935 bits per heavy atom. The second kappa shape index (κ2) is 24.8. The normalized spacial score (nSPS) is 8.03. The van der Waals surface area contributed by atoms with Crippen LogP contribution >= 0.6 is 15.9 Å². The third-order valence-corrected chi connectivity index (χ3v) is 4.04. The Morgan fingerprint density at radius 2 is 1.26 bits per heavy atom. The summed E-state index contributed by atoms with van der Waals surface area (Å²) in [5.74, 6) is -0.529. The van der Waals surface area contributed by atoms with Crippen molar-refractivity contribution < 1.29 is 123 Å². The van der Waals surface area contributed by atoms with Gasteiger partial charge in [-0.05, 0) is 35.4 Å². The van der Waals surface area contributed by atoms with Gasteiger partial charge in [-0.2, -0.15) is 10.5 Å². The van der Waals surface area contributed by atoms with Gasteiger partial charge >= 0.3 is 88.7 Å². The number of benzene rings is 2. The van der Waals surface area contributed by atoms with E-state index in [1.807, 2.05) is 30.3 Å². The molecule has 0 radical (unpaired) electrons. The van der Waals surface area contributed by atoms with Crippen molar-refractivity contribution in [3.05, 3.63) is 70.8 Å². The second-order valence-corrected chi connectivity index (χ2v) is 6.61. The average Bonchev–Trinajstić information content (AvgIpc) is 2.68. The van der Waals surface area contributed by atoms with Gasteiger partial charge in [0.1, 0.15) is 0 Å². The molecule has 0 spiro atoms. The number of rotatable bonds is 4. The van der Waals surface area contributed by atoms with Crippen molar-refractivity contribution in [2.24, 2.45) is 0 Å². The van der Waals surface area contributed by atoms with E-state index in [0.29, 0.717) is 16.7 Å². The minimum atomic E-state index is -4.23. The van der Waals surface area contributed by atoms with E-state index in [-0.39, 0.29) is 102 Å². The van der Waals surface area contributed by atoms with Gasteiger partial charge in [0, 0.05) is 5.33 Å². The van der Waals surface area contributed by atoms with E-state index in [4.69, 9.17) is 20.6 Å². The van der Waals surface area contributed by atoms with Crippen molar-refractivity contribution in [2.45, 2.75) is 11.1 Å². The van der Waals surface area contributed by atoms with Gasteiger partial charge < -0.3 is 21.6 Å². The zero-order chi connectivity index (χ0) is 20.7. The first-order chi connectivity index (χ1) is 12.8. The van der Waals surface area contributed by atoms with Crippen LogP contribution < -0.4 is 93.9 Å². The molecule has 152 valence electrons. The topological polar surface area (TPSA) is 186 Å². The Hall–Kier alpha value is 0.200. The summed E-state index contributed by atoms with van der Waals surface area (Å²) in [4.78, 5) is 11.2. The zero-order valence-corrected chi connectivity index (χ0v) is 25.6. The van der Waals surface area contributed by atoms with E-state index in [9.17, 15) is 13.0 Å². The summed E-state index contributed by atoms with van der Waals surface area (Å²) in [6.07, 6.45) is 0. The van der Waals surface area contributed by atoms with E-state index in [0.717, 1.165) is 5.33 Å². The molecule has 0 fully saturated rings. The van der Waals surface area contributed by atoms with Crippen LogP contribution in [0.25, 0.3) is 0 Å². The molecule has 0 aliphatic carbocycles. The van der Waals surface area contributed by atoms with Gasteiger partial charge in [0.05, 0.1) is 39.1 Å². The summed E-state index contributed by atoms with van der Waals surface area (Å²) in [6.45, 7) is -0.181. The zero-order valence-electron chi connectivity index (χ0n) is 18.2. The van der Waals surface area contributed by atoms with Crippen molar-refractivity contribution >= 4 is 32.5 Å². The van der Waals surface area contributed by atoms with Gasteiger partial charge in [-0.25, -0.2) is 8.42 Å². The fraction of sp³-hybridized carbons (Fsp3) is 0.118. The quantitative estimate of drug-likeness (QED) is 0.0912. The molecule has 0 amide bonds. The molecule has 0 aromatic heterocycles. The fourth-order valence-electron chi connectivity index (χ4n) is 1.55. The maximum atomic E-state index is 10.3. The molecule has 0 unspecified atom stereocenters. The first-order valence-electron chi connectivity index (χ1n) is 6.99. The largest absolute Gasteiger partial charge is 1.00 e. The Kier molecular flexibility index (Phi) is 33.2. The first-order valence-corrected chi connectivity index (χ1v) is 9.69. The Balaban J connectivity index is -0.0000000810.